The van der Waals surface area contributed by atoms with Gasteiger partial charge in [-0.05, 0) is 36.4 Å². The molecule has 0 aliphatic carbocycles. The molecule has 0 fully saturated rings. The standard InChI is InChI=1S/C27H23N5O5S/c1-36-20-14-18(15-21(17-20)37-2)28-26-27(30-24-11-4-3-10-23(24)29-26)31-38(34,35)22-9-7-8-19(16-22)32-13-6-5-12-25(32)33/h3-17H,1-2H3,(H,28,29)(H,30,31). The molecule has 0 saturated carbocycles. The molecule has 2 N–H and O–H groups in total. The largest absolute Gasteiger partial charge is 0.497 e. The van der Waals surface area contributed by atoms with Crippen LogP contribution in [0.15, 0.2) is 101 Å². The van der Waals surface area contributed by atoms with Gasteiger partial charge < -0.3 is 14.8 Å². The van der Waals surface area contributed by atoms with Crippen molar-refractivity contribution >= 4 is 38.4 Å². The van der Waals surface area contributed by atoms with E-state index in [9.17, 15) is 13.2 Å². The van der Waals surface area contributed by atoms with Gasteiger partial charge in [0.2, 0.25) is 0 Å². The summed E-state index contributed by atoms with van der Waals surface area (Å²) < 4.78 is 41.5. The molecule has 0 radical (unpaired) electrons. The Morgan fingerprint density at radius 3 is 2.08 bits per heavy atom. The molecule has 2 heterocycles. The summed E-state index contributed by atoms with van der Waals surface area (Å²) in [6.45, 7) is 0. The van der Waals surface area contributed by atoms with E-state index in [4.69, 9.17) is 9.47 Å². The van der Waals surface area contributed by atoms with E-state index < -0.39 is 10.0 Å². The second-order valence-electron chi connectivity index (χ2n) is 8.15. The van der Waals surface area contributed by atoms with E-state index >= 15 is 0 Å². The average molecular weight is 530 g/mol. The summed E-state index contributed by atoms with van der Waals surface area (Å²) >= 11 is 0. The topological polar surface area (TPSA) is 124 Å². The van der Waals surface area contributed by atoms with E-state index in [0.29, 0.717) is 33.9 Å². The number of sulfonamides is 1. The maximum atomic E-state index is 13.5. The average Bonchev–Trinajstić information content (AvgIpc) is 2.93. The summed E-state index contributed by atoms with van der Waals surface area (Å²) in [5.74, 6) is 1.25. The molecule has 0 unspecified atom stereocenters. The Morgan fingerprint density at radius 1 is 0.763 bits per heavy atom. The van der Waals surface area contributed by atoms with Crippen LogP contribution in [-0.4, -0.2) is 37.2 Å². The quantitative estimate of drug-likeness (QED) is 0.304. The van der Waals surface area contributed by atoms with Crippen molar-refractivity contribution in [1.29, 1.82) is 0 Å². The van der Waals surface area contributed by atoms with Crippen LogP contribution < -0.4 is 25.1 Å². The molecule has 2 aromatic heterocycles. The molecule has 192 valence electrons. The van der Waals surface area contributed by atoms with Crippen molar-refractivity contribution in [3.8, 4) is 17.2 Å². The van der Waals surface area contributed by atoms with Gasteiger partial charge in [-0.25, -0.2) is 18.4 Å². The minimum absolute atomic E-state index is 0.00670. The third-order valence-electron chi connectivity index (χ3n) is 5.64. The van der Waals surface area contributed by atoms with E-state index in [1.807, 2.05) is 6.07 Å². The summed E-state index contributed by atoms with van der Waals surface area (Å²) in [5.41, 5.74) is 1.75. The molecule has 0 amide bonds. The summed E-state index contributed by atoms with van der Waals surface area (Å²) in [5, 5.41) is 3.13. The zero-order valence-corrected chi connectivity index (χ0v) is 21.3. The van der Waals surface area contributed by atoms with Crippen LogP contribution >= 0.6 is 0 Å². The second-order valence-corrected chi connectivity index (χ2v) is 9.83. The zero-order chi connectivity index (χ0) is 26.7. The number of pyridine rings is 1. The number of nitrogens with one attached hydrogen (secondary N) is 2. The maximum Gasteiger partial charge on any atom is 0.263 e. The lowest BCUT2D eigenvalue weighted by molar-refractivity contribution is 0.395. The number of hydrogen-bond acceptors (Lipinski definition) is 8. The number of para-hydroxylation sites is 2. The van der Waals surface area contributed by atoms with Gasteiger partial charge in [-0.1, -0.05) is 24.3 Å². The Kier molecular flexibility index (Phi) is 6.67. The van der Waals surface area contributed by atoms with E-state index in [-0.39, 0.29) is 22.1 Å². The highest BCUT2D eigenvalue weighted by molar-refractivity contribution is 7.92. The number of aromatic nitrogens is 3. The molecule has 0 aliphatic heterocycles. The molecule has 0 atom stereocenters. The Hall–Kier alpha value is -4.90. The monoisotopic (exact) mass is 529 g/mol. The lowest BCUT2D eigenvalue weighted by atomic mass is 10.2. The minimum Gasteiger partial charge on any atom is -0.497 e. The third kappa shape index (κ3) is 5.13. The van der Waals surface area contributed by atoms with Crippen LogP contribution in [-0.2, 0) is 10.0 Å². The normalized spacial score (nSPS) is 11.2. The van der Waals surface area contributed by atoms with Crippen molar-refractivity contribution < 1.29 is 17.9 Å². The van der Waals surface area contributed by atoms with Crippen LogP contribution in [0.2, 0.25) is 0 Å². The summed E-state index contributed by atoms with van der Waals surface area (Å²) in [7, 11) is -1.06. The lowest BCUT2D eigenvalue weighted by Crippen LogP contribution is -2.18. The molecule has 11 heteroatoms. The number of anilines is 3. The van der Waals surface area contributed by atoms with Crippen LogP contribution in [0.1, 0.15) is 0 Å². The van der Waals surface area contributed by atoms with Crippen molar-refractivity contribution in [3.05, 3.63) is 101 Å². The van der Waals surface area contributed by atoms with Crippen LogP contribution in [0.5, 0.6) is 11.5 Å². The van der Waals surface area contributed by atoms with Gasteiger partial charge in [0.05, 0.1) is 30.1 Å². The van der Waals surface area contributed by atoms with Crippen LogP contribution in [0.25, 0.3) is 16.7 Å². The summed E-state index contributed by atoms with van der Waals surface area (Å²) in [4.78, 5) is 21.4. The van der Waals surface area contributed by atoms with Gasteiger partial charge in [0, 0.05) is 41.8 Å². The highest BCUT2D eigenvalue weighted by atomic mass is 32.2. The fourth-order valence-corrected chi connectivity index (χ4v) is 4.85. The van der Waals surface area contributed by atoms with E-state index in [2.05, 4.69) is 20.0 Å². The Morgan fingerprint density at radius 2 is 1.42 bits per heavy atom. The van der Waals surface area contributed by atoms with Gasteiger partial charge in [-0.15, -0.1) is 0 Å². The van der Waals surface area contributed by atoms with Gasteiger partial charge in [-0.3, -0.25) is 14.1 Å². The van der Waals surface area contributed by atoms with Gasteiger partial charge >= 0.3 is 0 Å². The smallest absolute Gasteiger partial charge is 0.263 e. The molecule has 38 heavy (non-hydrogen) atoms. The van der Waals surface area contributed by atoms with E-state index in [1.165, 1.54) is 37.0 Å². The molecule has 5 aromatic rings. The molecule has 5 rings (SSSR count). The first-order chi connectivity index (χ1) is 18.4. The number of nitrogens with zero attached hydrogens (tertiary/aromatic N) is 3. The maximum absolute atomic E-state index is 13.5. The third-order valence-corrected chi connectivity index (χ3v) is 6.98. The number of rotatable bonds is 8. The molecule has 0 spiro atoms. The molecular formula is C27H23N5O5S. The first-order valence-corrected chi connectivity index (χ1v) is 12.9. The minimum atomic E-state index is -4.12. The molecule has 0 aliphatic rings. The van der Waals surface area contributed by atoms with Crippen LogP contribution in [0, 0.1) is 0 Å². The van der Waals surface area contributed by atoms with Crippen LogP contribution in [0.3, 0.4) is 0 Å². The predicted octanol–water partition coefficient (Wildman–Crippen LogP) is 4.34. The van der Waals surface area contributed by atoms with Gasteiger partial charge in [0.1, 0.15) is 11.5 Å². The van der Waals surface area contributed by atoms with Crippen molar-refractivity contribution in [3.63, 3.8) is 0 Å². The van der Waals surface area contributed by atoms with Gasteiger partial charge in [0.25, 0.3) is 15.6 Å². The number of methoxy groups -OCH3 is 2. The Bertz CT molecular complexity index is 1780. The fraction of sp³-hybridized carbons (Fsp3) is 0.0741. The van der Waals surface area contributed by atoms with Crippen molar-refractivity contribution in [2.45, 2.75) is 4.90 Å². The van der Waals surface area contributed by atoms with Crippen LogP contribution in [0.4, 0.5) is 17.3 Å². The zero-order valence-electron chi connectivity index (χ0n) is 20.5. The molecule has 10 nitrogen and oxygen atoms in total. The Balaban J connectivity index is 1.56. The second kappa shape index (κ2) is 10.2. The van der Waals surface area contributed by atoms with Gasteiger partial charge in [-0.2, -0.15) is 0 Å². The number of ether oxygens (including phenoxy) is 2. The van der Waals surface area contributed by atoms with Gasteiger partial charge in [0.15, 0.2) is 11.6 Å². The fourth-order valence-electron chi connectivity index (χ4n) is 3.80. The van der Waals surface area contributed by atoms with Crippen molar-refractivity contribution in [1.82, 2.24) is 14.5 Å². The van der Waals surface area contributed by atoms with E-state index in [1.54, 1.807) is 66.9 Å². The molecular weight excluding hydrogens is 506 g/mol. The van der Waals surface area contributed by atoms with Crippen molar-refractivity contribution in [2.75, 3.05) is 24.3 Å². The first kappa shape index (κ1) is 24.8. The molecule has 3 aromatic carbocycles. The Labute approximate surface area is 218 Å². The number of hydrogen-bond donors (Lipinski definition) is 2. The number of fused-ring (bicyclic) bond motifs is 1. The lowest BCUT2D eigenvalue weighted by Gasteiger charge is -2.15. The first-order valence-electron chi connectivity index (χ1n) is 11.4. The predicted molar refractivity (Wildman–Crippen MR) is 145 cm³/mol. The summed E-state index contributed by atoms with van der Waals surface area (Å²) in [6.07, 6.45) is 1.57. The summed E-state index contributed by atoms with van der Waals surface area (Å²) in [6, 6.07) is 23.1. The van der Waals surface area contributed by atoms with Crippen molar-refractivity contribution in [2.24, 2.45) is 0 Å². The number of benzene rings is 3. The van der Waals surface area contributed by atoms with E-state index in [0.717, 1.165) is 0 Å². The highest BCUT2D eigenvalue weighted by Crippen LogP contribution is 2.31. The molecule has 0 saturated heterocycles. The SMILES string of the molecule is COc1cc(Nc2nc3ccccc3nc2NS(=O)(=O)c2cccc(-n3ccccc3=O)c2)cc(OC)c1. The molecule has 0 bridgehead atoms. The highest BCUT2D eigenvalue weighted by Gasteiger charge is 2.20.